The Hall–Kier alpha value is -6.71. The number of carbonyl (C=O) groups excluding carboxylic acids is 4. The second-order valence-corrected chi connectivity index (χ2v) is 14.9. The van der Waals surface area contributed by atoms with Crippen molar-refractivity contribution in [3.8, 4) is 6.07 Å². The number of carboxylic acid groups (broad SMARTS) is 1. The number of nitrogens with zero attached hydrogens (tertiary/aromatic N) is 1. The standard InChI is InChI=1S/C20H21F4N5O6S2.C16H14N4O2S/c1-36-10-9-25-18(33)26-14-3-2-4-15(11-14)37(34,35)29-13-7-5-12(6-8-13)27-28-16(30)19(21,22)20(23,24)17(31)32;17-9-8-15(21)20-19-13-6-4-12(5-7-13)18-16(22)11-2-1-3-14(23)10-11/h2-8,11,27,29H,9-10H2,1H3,(H,28,30)(H,31,32)(H2,25,26,33);1-7,10,19,23H,8H2,(H,18,22)(H,20,21). The maximum absolute atomic E-state index is 13.4. The van der Waals surface area contributed by atoms with E-state index < -0.39 is 45.7 Å². The average molecular weight is 894 g/mol. The summed E-state index contributed by atoms with van der Waals surface area (Å²) in [6, 6.07) is 24.9. The summed E-state index contributed by atoms with van der Waals surface area (Å²) < 4.78 is 80.7. The van der Waals surface area contributed by atoms with Crippen LogP contribution in [0.1, 0.15) is 16.8 Å². The number of benzene rings is 4. The van der Waals surface area contributed by atoms with Crippen LogP contribution in [-0.2, 0) is 24.4 Å². The Bertz CT molecular complexity index is 2320. The van der Waals surface area contributed by atoms with Crippen molar-refractivity contribution in [3.05, 3.63) is 103 Å². The first-order valence-electron chi connectivity index (χ1n) is 16.7. The number of sulfonamides is 1. The van der Waals surface area contributed by atoms with E-state index >= 15 is 0 Å². The van der Waals surface area contributed by atoms with E-state index in [0.29, 0.717) is 34.1 Å². The molecule has 0 saturated heterocycles. The quantitative estimate of drug-likeness (QED) is 0.0278. The lowest BCUT2D eigenvalue weighted by atomic mass is 10.1. The number of nitriles is 1. The zero-order chi connectivity index (χ0) is 44.5. The summed E-state index contributed by atoms with van der Waals surface area (Å²) in [5.41, 5.74) is 10.1. The van der Waals surface area contributed by atoms with E-state index in [-0.39, 0.29) is 34.3 Å². The Labute approximate surface area is 349 Å². The van der Waals surface area contributed by atoms with Gasteiger partial charge in [0.15, 0.2) is 0 Å². The number of amides is 5. The maximum atomic E-state index is 13.4. The zero-order valence-corrected chi connectivity index (χ0v) is 33.4. The van der Waals surface area contributed by atoms with Gasteiger partial charge in [-0.3, -0.25) is 40.8 Å². The van der Waals surface area contributed by atoms with Crippen molar-refractivity contribution < 1.29 is 55.1 Å². The van der Waals surface area contributed by atoms with E-state index in [1.165, 1.54) is 41.5 Å². The van der Waals surface area contributed by atoms with E-state index in [0.717, 1.165) is 24.3 Å². The lowest BCUT2D eigenvalue weighted by molar-refractivity contribution is -0.222. The summed E-state index contributed by atoms with van der Waals surface area (Å²) in [6.45, 7) is 0.415. The monoisotopic (exact) mass is 893 g/mol. The number of halogens is 4. The molecule has 24 heteroatoms. The highest BCUT2D eigenvalue weighted by Gasteiger charge is 2.67. The number of thioether (sulfide) groups is 1. The number of hydrogen-bond donors (Lipinski definition) is 10. The van der Waals surface area contributed by atoms with E-state index in [1.54, 1.807) is 54.6 Å². The maximum Gasteiger partial charge on any atom is 0.413 e. The van der Waals surface area contributed by atoms with Gasteiger partial charge in [-0.1, -0.05) is 12.1 Å². The van der Waals surface area contributed by atoms with Crippen molar-refractivity contribution in [2.45, 2.75) is 28.1 Å². The lowest BCUT2D eigenvalue weighted by Crippen LogP contribution is -2.57. The molecule has 0 aliphatic carbocycles. The normalized spacial score (nSPS) is 10.9. The molecule has 0 fully saturated rings. The van der Waals surface area contributed by atoms with Crippen molar-refractivity contribution in [1.82, 2.24) is 16.2 Å². The lowest BCUT2D eigenvalue weighted by Gasteiger charge is -2.22. The number of rotatable bonds is 17. The van der Waals surface area contributed by atoms with E-state index in [4.69, 9.17) is 10.4 Å². The number of aliphatic carboxylic acids is 1. The number of carboxylic acids is 1. The Morgan fingerprint density at radius 2 is 1.35 bits per heavy atom. The van der Waals surface area contributed by atoms with Gasteiger partial charge in [0.1, 0.15) is 6.42 Å². The number of anilines is 5. The predicted octanol–water partition coefficient (Wildman–Crippen LogP) is 5.35. The van der Waals surface area contributed by atoms with Crippen LogP contribution in [0.4, 0.5) is 50.8 Å². The molecule has 0 aliphatic rings. The van der Waals surface area contributed by atoms with Crippen LogP contribution in [0.2, 0.25) is 0 Å². The minimum Gasteiger partial charge on any atom is -0.477 e. The van der Waals surface area contributed by atoms with Gasteiger partial charge in [-0.25, -0.2) is 18.0 Å². The molecule has 4 aromatic rings. The van der Waals surface area contributed by atoms with E-state index in [9.17, 15) is 50.0 Å². The fraction of sp³-hybridized carbons (Fsp3) is 0.167. The second kappa shape index (κ2) is 21.9. The van der Waals surface area contributed by atoms with Gasteiger partial charge >= 0.3 is 29.8 Å². The number of alkyl halides is 4. The van der Waals surface area contributed by atoms with Crippen LogP contribution in [0.25, 0.3) is 0 Å². The van der Waals surface area contributed by atoms with Crippen LogP contribution in [0.5, 0.6) is 0 Å². The molecule has 0 bridgehead atoms. The summed E-state index contributed by atoms with van der Waals surface area (Å²) >= 11 is 5.73. The minimum absolute atomic E-state index is 0.00721. The molecule has 318 valence electrons. The topological polar surface area (TPSA) is 260 Å². The number of urea groups is 1. The average Bonchev–Trinajstić information content (AvgIpc) is 3.20. The van der Waals surface area contributed by atoms with Crippen LogP contribution >= 0.6 is 24.4 Å². The highest BCUT2D eigenvalue weighted by atomic mass is 32.2. The molecule has 0 unspecified atom stereocenters. The molecule has 0 spiro atoms. The minimum atomic E-state index is -5.65. The second-order valence-electron chi connectivity index (χ2n) is 11.7. The van der Waals surface area contributed by atoms with Gasteiger partial charge < -0.3 is 21.1 Å². The fourth-order valence-corrected chi connectivity index (χ4v) is 5.88. The van der Waals surface area contributed by atoms with Crippen molar-refractivity contribution in [2.24, 2.45) is 0 Å². The molecule has 0 radical (unpaired) electrons. The first-order valence-corrected chi connectivity index (χ1v) is 20.1. The zero-order valence-electron chi connectivity index (χ0n) is 30.9. The molecule has 0 aliphatic heterocycles. The molecule has 60 heavy (non-hydrogen) atoms. The molecule has 4 aromatic carbocycles. The van der Waals surface area contributed by atoms with Crippen molar-refractivity contribution in [3.63, 3.8) is 0 Å². The van der Waals surface area contributed by atoms with Crippen molar-refractivity contribution in [1.29, 1.82) is 5.26 Å². The van der Waals surface area contributed by atoms with E-state index in [2.05, 4.69) is 44.2 Å². The van der Waals surface area contributed by atoms with Crippen LogP contribution in [0.15, 0.2) is 107 Å². The molecule has 9 N–H and O–H groups in total. The third-order valence-electron chi connectivity index (χ3n) is 7.24. The van der Waals surface area contributed by atoms with E-state index in [1.807, 2.05) is 11.7 Å². The Morgan fingerprint density at radius 3 is 1.93 bits per heavy atom. The number of carbonyl (C=O) groups is 5. The van der Waals surface area contributed by atoms with Gasteiger partial charge in [0, 0.05) is 39.8 Å². The third kappa shape index (κ3) is 14.3. The number of nitrogens with one attached hydrogen (secondary N) is 8. The van der Waals surface area contributed by atoms with Gasteiger partial charge in [-0.05, 0) is 91.2 Å². The molecule has 0 heterocycles. The third-order valence-corrected chi connectivity index (χ3v) is 9.51. The molecule has 5 amide bonds. The molecular formula is C36H35F4N9O8S3. The first kappa shape index (κ1) is 47.7. The highest BCUT2D eigenvalue weighted by molar-refractivity contribution is 7.98. The summed E-state index contributed by atoms with van der Waals surface area (Å²) in [5, 5.41) is 24.5. The molecule has 0 saturated carbocycles. The van der Waals surface area contributed by atoms with Gasteiger partial charge in [-0.15, -0.1) is 12.6 Å². The highest BCUT2D eigenvalue weighted by Crippen LogP contribution is 2.34. The summed E-state index contributed by atoms with van der Waals surface area (Å²) in [4.78, 5) is 57.3. The van der Waals surface area contributed by atoms with Gasteiger partial charge in [0.05, 0.1) is 22.3 Å². The summed E-state index contributed by atoms with van der Waals surface area (Å²) in [5.74, 6) is -16.9. The smallest absolute Gasteiger partial charge is 0.413 e. The largest absolute Gasteiger partial charge is 0.477 e. The molecule has 4 rings (SSSR count). The number of hydrazine groups is 2. The fourth-order valence-electron chi connectivity index (χ4n) is 4.25. The van der Waals surface area contributed by atoms with Gasteiger partial charge in [0.2, 0.25) is 0 Å². The molecular weight excluding hydrogens is 859 g/mol. The molecule has 17 nitrogen and oxygen atoms in total. The van der Waals surface area contributed by atoms with Crippen molar-refractivity contribution in [2.75, 3.05) is 44.8 Å². The molecule has 0 aromatic heterocycles. The summed E-state index contributed by atoms with van der Waals surface area (Å²) in [6.07, 6.45) is 1.66. The van der Waals surface area contributed by atoms with Crippen LogP contribution in [0.3, 0.4) is 0 Å². The Kier molecular flexibility index (Phi) is 17.4. The first-order chi connectivity index (χ1) is 28.3. The molecule has 0 atom stereocenters. The van der Waals surface area contributed by atoms with Crippen LogP contribution in [0, 0.1) is 11.3 Å². The van der Waals surface area contributed by atoms with Gasteiger partial charge in [-0.2, -0.15) is 34.6 Å². The van der Waals surface area contributed by atoms with Crippen LogP contribution in [-0.4, -0.2) is 73.6 Å². The number of thiol groups is 1. The summed E-state index contributed by atoms with van der Waals surface area (Å²) in [7, 11) is -4.13. The van der Waals surface area contributed by atoms with Gasteiger partial charge in [0.25, 0.3) is 21.8 Å². The predicted molar refractivity (Wildman–Crippen MR) is 218 cm³/mol. The van der Waals surface area contributed by atoms with Crippen molar-refractivity contribution >= 4 is 92.6 Å². The Balaban J connectivity index is 0.000000357. The Morgan fingerprint density at radius 1 is 0.767 bits per heavy atom. The van der Waals surface area contributed by atoms with Crippen LogP contribution < -0.4 is 42.4 Å². The SMILES string of the molecule is CSCCNC(=O)Nc1cccc(S(=O)(=O)Nc2ccc(NNC(=O)C(F)(F)C(F)(F)C(=O)O)cc2)c1.N#CCC(=O)NNc1ccc(NC(=O)c2cccc(S)c2)cc1. The number of hydrogen-bond acceptors (Lipinski definition) is 12.